The van der Waals surface area contributed by atoms with Crippen LogP contribution in [0.4, 0.5) is 11.4 Å². The molecule has 0 amide bonds. The number of para-hydroxylation sites is 2. The molecule has 0 N–H and O–H groups in total. The first-order chi connectivity index (χ1) is 16.1. The van der Waals surface area contributed by atoms with Gasteiger partial charge in [0, 0.05) is 48.2 Å². The molecule has 0 bridgehead atoms. The number of rotatable bonds is 2. The Morgan fingerprint density at radius 3 is 2.64 bits per heavy atom. The molecule has 166 valence electrons. The topological polar surface area (TPSA) is 19.4 Å². The second-order valence-corrected chi connectivity index (χ2v) is 9.89. The van der Waals surface area contributed by atoms with Crippen LogP contribution >= 0.6 is 11.6 Å². The SMILES string of the molecule is Cc1ccc(CN2Cc3cc4cc(Cl)ccc4nc3CC3CCCN3c3ccccc32)cc1. The van der Waals surface area contributed by atoms with Crippen molar-refractivity contribution in [2.75, 3.05) is 16.3 Å². The van der Waals surface area contributed by atoms with Crippen molar-refractivity contribution in [3.63, 3.8) is 0 Å². The van der Waals surface area contributed by atoms with Gasteiger partial charge in [-0.1, -0.05) is 53.6 Å². The molecule has 1 unspecified atom stereocenters. The van der Waals surface area contributed by atoms with E-state index in [1.54, 1.807) is 0 Å². The molecular weight excluding hydrogens is 426 g/mol. The fraction of sp³-hybridized carbons (Fsp3) is 0.276. The Kier molecular flexibility index (Phi) is 5.22. The van der Waals surface area contributed by atoms with E-state index in [4.69, 9.17) is 16.6 Å². The predicted octanol–water partition coefficient (Wildman–Crippen LogP) is 6.93. The normalized spacial score (nSPS) is 17.7. The van der Waals surface area contributed by atoms with E-state index in [1.807, 2.05) is 12.1 Å². The summed E-state index contributed by atoms with van der Waals surface area (Å²) >= 11 is 6.33. The van der Waals surface area contributed by atoms with E-state index in [-0.39, 0.29) is 0 Å². The molecule has 2 aliphatic rings. The van der Waals surface area contributed by atoms with E-state index in [9.17, 15) is 0 Å². The van der Waals surface area contributed by atoms with Crippen LogP contribution in [0.1, 0.15) is 35.2 Å². The van der Waals surface area contributed by atoms with E-state index in [2.05, 4.69) is 77.4 Å². The average molecular weight is 454 g/mol. The molecule has 3 nitrogen and oxygen atoms in total. The Labute approximate surface area is 200 Å². The predicted molar refractivity (Wildman–Crippen MR) is 138 cm³/mol. The maximum Gasteiger partial charge on any atom is 0.0706 e. The van der Waals surface area contributed by atoms with Crippen molar-refractivity contribution in [2.45, 2.75) is 45.3 Å². The van der Waals surface area contributed by atoms with Crippen LogP contribution in [0, 0.1) is 6.92 Å². The van der Waals surface area contributed by atoms with Crippen molar-refractivity contribution in [3.8, 4) is 0 Å². The van der Waals surface area contributed by atoms with Crippen LogP contribution in [0.5, 0.6) is 0 Å². The molecule has 1 atom stereocenters. The first kappa shape index (κ1) is 20.6. The zero-order valence-corrected chi connectivity index (χ0v) is 19.7. The van der Waals surface area contributed by atoms with E-state index >= 15 is 0 Å². The Morgan fingerprint density at radius 2 is 1.79 bits per heavy atom. The van der Waals surface area contributed by atoms with Crippen molar-refractivity contribution in [1.82, 2.24) is 4.98 Å². The summed E-state index contributed by atoms with van der Waals surface area (Å²) in [6.45, 7) is 4.95. The van der Waals surface area contributed by atoms with Crippen molar-refractivity contribution in [2.24, 2.45) is 0 Å². The van der Waals surface area contributed by atoms with Gasteiger partial charge in [-0.2, -0.15) is 0 Å². The molecule has 2 aliphatic heterocycles. The van der Waals surface area contributed by atoms with Gasteiger partial charge in [0.15, 0.2) is 0 Å². The van der Waals surface area contributed by atoms with Crippen LogP contribution in [0.3, 0.4) is 0 Å². The number of aromatic nitrogens is 1. The molecule has 0 spiro atoms. The number of fused-ring (bicyclic) bond motifs is 5. The largest absolute Gasteiger partial charge is 0.366 e. The molecule has 0 saturated carbocycles. The summed E-state index contributed by atoms with van der Waals surface area (Å²) in [6, 6.07) is 26.7. The van der Waals surface area contributed by atoms with Gasteiger partial charge < -0.3 is 9.80 Å². The van der Waals surface area contributed by atoms with Crippen LogP contribution in [-0.2, 0) is 19.5 Å². The summed E-state index contributed by atoms with van der Waals surface area (Å²) in [5, 5.41) is 1.88. The Hall–Kier alpha value is -3.04. The van der Waals surface area contributed by atoms with E-state index in [1.165, 1.54) is 46.6 Å². The number of anilines is 2. The average Bonchev–Trinajstić information content (AvgIpc) is 3.29. The van der Waals surface area contributed by atoms with E-state index in [0.717, 1.165) is 42.0 Å². The smallest absolute Gasteiger partial charge is 0.0706 e. The molecule has 4 aromatic rings. The zero-order chi connectivity index (χ0) is 22.4. The lowest BCUT2D eigenvalue weighted by molar-refractivity contribution is 0.653. The summed E-state index contributed by atoms with van der Waals surface area (Å²) < 4.78 is 0. The van der Waals surface area contributed by atoms with Crippen LogP contribution in [-0.4, -0.2) is 17.6 Å². The van der Waals surface area contributed by atoms with Gasteiger partial charge in [-0.15, -0.1) is 0 Å². The summed E-state index contributed by atoms with van der Waals surface area (Å²) in [4.78, 5) is 10.3. The molecular formula is C29H28ClN3. The maximum absolute atomic E-state index is 6.33. The molecule has 33 heavy (non-hydrogen) atoms. The molecule has 1 saturated heterocycles. The Bertz CT molecular complexity index is 1310. The van der Waals surface area contributed by atoms with Crippen molar-refractivity contribution in [1.29, 1.82) is 0 Å². The highest BCUT2D eigenvalue weighted by atomic mass is 35.5. The lowest BCUT2D eigenvalue weighted by Crippen LogP contribution is -2.32. The Morgan fingerprint density at radius 1 is 0.970 bits per heavy atom. The highest BCUT2D eigenvalue weighted by Gasteiger charge is 2.31. The number of halogens is 1. The fourth-order valence-electron chi connectivity index (χ4n) is 5.45. The second kappa shape index (κ2) is 8.39. The molecule has 1 fully saturated rings. The summed E-state index contributed by atoms with van der Waals surface area (Å²) in [6.07, 6.45) is 3.43. The standard InChI is InChI=1S/C29H28ClN3/c1-20-8-10-21(11-9-20)18-32-19-23-15-22-16-24(30)12-13-26(22)31-27(23)17-25-5-4-14-33(25)29-7-3-2-6-28(29)32/h2-3,6-13,15-16,25H,4-5,14,17-19H2,1H3. The summed E-state index contributed by atoms with van der Waals surface area (Å²) in [5.74, 6) is 0. The fourth-order valence-corrected chi connectivity index (χ4v) is 5.63. The minimum atomic E-state index is 0.487. The maximum atomic E-state index is 6.33. The molecule has 6 rings (SSSR count). The number of hydrogen-bond donors (Lipinski definition) is 0. The van der Waals surface area contributed by atoms with Crippen LogP contribution in [0.2, 0.25) is 5.02 Å². The van der Waals surface area contributed by atoms with Gasteiger partial charge in [0.05, 0.1) is 16.9 Å². The van der Waals surface area contributed by atoms with Gasteiger partial charge in [-0.25, -0.2) is 0 Å². The lowest BCUT2D eigenvalue weighted by atomic mass is 10.0. The van der Waals surface area contributed by atoms with Crippen LogP contribution in [0.25, 0.3) is 10.9 Å². The minimum Gasteiger partial charge on any atom is -0.366 e. The van der Waals surface area contributed by atoms with Gasteiger partial charge in [0.25, 0.3) is 0 Å². The minimum absolute atomic E-state index is 0.487. The van der Waals surface area contributed by atoms with Gasteiger partial charge in [0.1, 0.15) is 0 Å². The monoisotopic (exact) mass is 453 g/mol. The molecule has 0 aliphatic carbocycles. The van der Waals surface area contributed by atoms with E-state index < -0.39 is 0 Å². The third-order valence-corrected chi connectivity index (χ3v) is 7.37. The molecule has 1 aromatic heterocycles. The van der Waals surface area contributed by atoms with Crippen molar-refractivity contribution >= 4 is 33.9 Å². The number of pyridine rings is 1. The first-order valence-electron chi connectivity index (χ1n) is 11.9. The van der Waals surface area contributed by atoms with Crippen LogP contribution < -0.4 is 9.80 Å². The van der Waals surface area contributed by atoms with Crippen molar-refractivity contribution in [3.05, 3.63) is 100 Å². The molecule has 4 heteroatoms. The lowest BCUT2D eigenvalue weighted by Gasteiger charge is -2.32. The number of nitrogens with zero attached hydrogens (tertiary/aromatic N) is 3. The Balaban J connectivity index is 1.51. The van der Waals surface area contributed by atoms with Gasteiger partial charge in [-0.05, 0) is 67.3 Å². The molecule has 0 radical (unpaired) electrons. The highest BCUT2D eigenvalue weighted by Crippen LogP contribution is 2.39. The van der Waals surface area contributed by atoms with Crippen LogP contribution in [0.15, 0.2) is 72.8 Å². The van der Waals surface area contributed by atoms with E-state index in [0.29, 0.717) is 6.04 Å². The van der Waals surface area contributed by atoms with Gasteiger partial charge >= 0.3 is 0 Å². The summed E-state index contributed by atoms with van der Waals surface area (Å²) in [5.41, 5.74) is 8.84. The third-order valence-electron chi connectivity index (χ3n) is 7.14. The van der Waals surface area contributed by atoms with Crippen molar-refractivity contribution < 1.29 is 0 Å². The van der Waals surface area contributed by atoms with Gasteiger partial charge in [-0.3, -0.25) is 4.98 Å². The number of benzene rings is 3. The number of aryl methyl sites for hydroxylation is 1. The molecule has 3 heterocycles. The summed E-state index contributed by atoms with van der Waals surface area (Å²) in [7, 11) is 0. The quantitative estimate of drug-likeness (QED) is 0.328. The zero-order valence-electron chi connectivity index (χ0n) is 19.0. The second-order valence-electron chi connectivity index (χ2n) is 9.46. The molecule has 3 aromatic carbocycles. The third kappa shape index (κ3) is 3.95. The number of hydrogen-bond acceptors (Lipinski definition) is 3. The first-order valence-corrected chi connectivity index (χ1v) is 12.3. The van der Waals surface area contributed by atoms with Gasteiger partial charge in [0.2, 0.25) is 0 Å². The highest BCUT2D eigenvalue weighted by molar-refractivity contribution is 6.31.